The number of pyridine rings is 1. The second-order valence-electron chi connectivity index (χ2n) is 5.68. The maximum Gasteiger partial charge on any atom is 0.124 e. The van der Waals surface area contributed by atoms with Crippen LogP contribution in [0.3, 0.4) is 0 Å². The lowest BCUT2D eigenvalue weighted by atomic mass is 10.2. The third-order valence-electron chi connectivity index (χ3n) is 4.19. The van der Waals surface area contributed by atoms with Gasteiger partial charge in [0.15, 0.2) is 0 Å². The predicted molar refractivity (Wildman–Crippen MR) is 92.7 cm³/mol. The van der Waals surface area contributed by atoms with Crippen molar-refractivity contribution in [3.63, 3.8) is 0 Å². The zero-order valence-electron chi connectivity index (χ0n) is 13.8. The Bertz CT molecular complexity index is 735. The van der Waals surface area contributed by atoms with Crippen LogP contribution in [0, 0.1) is 11.3 Å². The average Bonchev–Trinajstić information content (AvgIpc) is 3.10. The third-order valence-corrected chi connectivity index (χ3v) is 4.19. The van der Waals surface area contributed by atoms with Crippen LogP contribution in [0.25, 0.3) is 0 Å². The molecule has 24 heavy (non-hydrogen) atoms. The Morgan fingerprint density at radius 1 is 1.25 bits per heavy atom. The molecular formula is C18H20N4O2. The topological polar surface area (TPSA) is 70.4 Å². The molecule has 2 aromatic rings. The predicted octanol–water partition coefficient (Wildman–Crippen LogP) is 2.66. The van der Waals surface area contributed by atoms with Crippen molar-refractivity contribution in [3.8, 4) is 17.6 Å². The summed E-state index contributed by atoms with van der Waals surface area (Å²) < 4.78 is 10.7. The monoisotopic (exact) mass is 324 g/mol. The summed E-state index contributed by atoms with van der Waals surface area (Å²) in [5, 5.41) is 12.6. The largest absolute Gasteiger partial charge is 0.497 e. The van der Waals surface area contributed by atoms with E-state index in [1.807, 2.05) is 24.3 Å². The molecule has 1 fully saturated rings. The average molecular weight is 324 g/mol. The fraction of sp³-hybridized carbons (Fsp3) is 0.333. The molecule has 3 rings (SSSR count). The smallest absolute Gasteiger partial charge is 0.124 e. The molecule has 1 aliphatic heterocycles. The SMILES string of the molecule is COc1cc(OC)cc(N2CCC(Nc3ccncc3C#N)C2)c1. The minimum atomic E-state index is 0.275. The van der Waals surface area contributed by atoms with Crippen molar-refractivity contribution in [2.45, 2.75) is 12.5 Å². The third kappa shape index (κ3) is 3.35. The van der Waals surface area contributed by atoms with Crippen LogP contribution in [-0.2, 0) is 0 Å². The molecule has 1 aliphatic rings. The van der Waals surface area contributed by atoms with Crippen molar-refractivity contribution >= 4 is 11.4 Å². The molecule has 1 unspecified atom stereocenters. The van der Waals surface area contributed by atoms with E-state index in [1.165, 1.54) is 0 Å². The van der Waals surface area contributed by atoms with Crippen LogP contribution in [0.4, 0.5) is 11.4 Å². The molecule has 124 valence electrons. The summed E-state index contributed by atoms with van der Waals surface area (Å²) in [6.07, 6.45) is 4.28. The maximum atomic E-state index is 9.17. The number of hydrogen-bond acceptors (Lipinski definition) is 6. The van der Waals surface area contributed by atoms with Crippen LogP contribution in [0.5, 0.6) is 11.5 Å². The summed E-state index contributed by atoms with van der Waals surface area (Å²) in [6, 6.07) is 10.2. The number of nitrogens with zero attached hydrogens (tertiary/aromatic N) is 3. The van der Waals surface area contributed by atoms with Gasteiger partial charge in [0.05, 0.1) is 25.5 Å². The number of anilines is 2. The highest BCUT2D eigenvalue weighted by molar-refractivity contribution is 5.59. The summed E-state index contributed by atoms with van der Waals surface area (Å²) in [4.78, 5) is 6.28. The Labute approximate surface area is 141 Å². The molecule has 0 radical (unpaired) electrons. The van der Waals surface area contributed by atoms with Gasteiger partial charge in [0, 0.05) is 55.4 Å². The maximum absolute atomic E-state index is 9.17. The molecule has 6 nitrogen and oxygen atoms in total. The van der Waals surface area contributed by atoms with Gasteiger partial charge in [0.25, 0.3) is 0 Å². The molecule has 1 atom stereocenters. The van der Waals surface area contributed by atoms with Crippen LogP contribution < -0.4 is 19.7 Å². The van der Waals surface area contributed by atoms with Gasteiger partial charge in [-0.15, -0.1) is 0 Å². The van der Waals surface area contributed by atoms with Crippen molar-refractivity contribution in [2.24, 2.45) is 0 Å². The number of ether oxygens (including phenoxy) is 2. The Kier molecular flexibility index (Phi) is 4.71. The summed E-state index contributed by atoms with van der Waals surface area (Å²) in [7, 11) is 3.31. The van der Waals surface area contributed by atoms with Gasteiger partial charge in [-0.2, -0.15) is 5.26 Å². The van der Waals surface area contributed by atoms with Gasteiger partial charge < -0.3 is 19.7 Å². The van der Waals surface area contributed by atoms with Gasteiger partial charge in [-0.25, -0.2) is 0 Å². The van der Waals surface area contributed by atoms with Crippen LogP contribution in [0.1, 0.15) is 12.0 Å². The van der Waals surface area contributed by atoms with Crippen molar-refractivity contribution in [1.29, 1.82) is 5.26 Å². The lowest BCUT2D eigenvalue weighted by Crippen LogP contribution is -2.26. The van der Waals surface area contributed by atoms with E-state index in [0.29, 0.717) is 5.56 Å². The molecule has 0 aliphatic carbocycles. The quantitative estimate of drug-likeness (QED) is 0.912. The molecule has 2 heterocycles. The van der Waals surface area contributed by atoms with Gasteiger partial charge in [0.1, 0.15) is 17.6 Å². The Hall–Kier alpha value is -2.94. The summed E-state index contributed by atoms with van der Waals surface area (Å²) in [6.45, 7) is 1.78. The van der Waals surface area contributed by atoms with Crippen LogP contribution in [-0.4, -0.2) is 38.3 Å². The number of benzene rings is 1. The van der Waals surface area contributed by atoms with Gasteiger partial charge >= 0.3 is 0 Å². The summed E-state index contributed by atoms with van der Waals surface area (Å²) >= 11 is 0. The number of rotatable bonds is 5. The Morgan fingerprint density at radius 2 is 2.00 bits per heavy atom. The molecule has 0 amide bonds. The fourth-order valence-electron chi connectivity index (χ4n) is 2.92. The van der Waals surface area contributed by atoms with E-state index in [9.17, 15) is 0 Å². The van der Waals surface area contributed by atoms with Gasteiger partial charge in [0.2, 0.25) is 0 Å². The first-order chi connectivity index (χ1) is 11.7. The standard InChI is InChI=1S/C18H20N4O2/c1-23-16-7-15(8-17(9-16)24-2)22-6-4-14(12-22)21-18-3-5-20-11-13(18)10-19/h3,5,7-9,11,14H,4,6,12H2,1-2H3,(H,20,21). The lowest BCUT2D eigenvalue weighted by Gasteiger charge is -2.21. The first-order valence-electron chi connectivity index (χ1n) is 7.82. The first-order valence-corrected chi connectivity index (χ1v) is 7.82. The first kappa shape index (κ1) is 15.9. The molecule has 1 N–H and O–H groups in total. The van der Waals surface area contributed by atoms with E-state index >= 15 is 0 Å². The molecule has 0 saturated carbocycles. The highest BCUT2D eigenvalue weighted by Crippen LogP contribution is 2.31. The van der Waals surface area contributed by atoms with E-state index in [4.69, 9.17) is 14.7 Å². The van der Waals surface area contributed by atoms with Crippen molar-refractivity contribution in [2.75, 3.05) is 37.5 Å². The van der Waals surface area contributed by atoms with Crippen molar-refractivity contribution in [1.82, 2.24) is 4.98 Å². The van der Waals surface area contributed by atoms with E-state index in [2.05, 4.69) is 21.3 Å². The van der Waals surface area contributed by atoms with E-state index < -0.39 is 0 Å². The highest BCUT2D eigenvalue weighted by Gasteiger charge is 2.24. The normalized spacial score (nSPS) is 16.5. The van der Waals surface area contributed by atoms with Crippen LogP contribution in [0.15, 0.2) is 36.7 Å². The fourth-order valence-corrected chi connectivity index (χ4v) is 2.92. The molecule has 1 aromatic carbocycles. The van der Waals surface area contributed by atoms with Gasteiger partial charge in [-0.3, -0.25) is 4.98 Å². The van der Waals surface area contributed by atoms with Crippen LogP contribution in [0.2, 0.25) is 0 Å². The minimum absolute atomic E-state index is 0.275. The van der Waals surface area contributed by atoms with E-state index in [-0.39, 0.29) is 6.04 Å². The molecule has 6 heteroatoms. The van der Waals surface area contributed by atoms with Crippen LogP contribution >= 0.6 is 0 Å². The van der Waals surface area contributed by atoms with E-state index in [0.717, 1.165) is 42.4 Å². The Morgan fingerprint density at radius 3 is 2.67 bits per heavy atom. The van der Waals surface area contributed by atoms with Crippen molar-refractivity contribution in [3.05, 3.63) is 42.2 Å². The summed E-state index contributed by atoms with van der Waals surface area (Å²) in [5.41, 5.74) is 2.48. The number of nitrogens with one attached hydrogen (secondary N) is 1. The number of hydrogen-bond donors (Lipinski definition) is 1. The second kappa shape index (κ2) is 7.09. The number of nitriles is 1. The number of methoxy groups -OCH3 is 2. The van der Waals surface area contributed by atoms with Crippen molar-refractivity contribution < 1.29 is 9.47 Å². The zero-order chi connectivity index (χ0) is 16.9. The van der Waals surface area contributed by atoms with Gasteiger partial charge in [-0.05, 0) is 12.5 Å². The molecular weight excluding hydrogens is 304 g/mol. The zero-order valence-corrected chi connectivity index (χ0v) is 13.8. The molecule has 0 bridgehead atoms. The number of aromatic nitrogens is 1. The second-order valence-corrected chi connectivity index (χ2v) is 5.68. The highest BCUT2D eigenvalue weighted by atomic mass is 16.5. The van der Waals surface area contributed by atoms with E-state index in [1.54, 1.807) is 26.6 Å². The summed E-state index contributed by atoms with van der Waals surface area (Å²) in [5.74, 6) is 1.56. The molecule has 0 spiro atoms. The minimum Gasteiger partial charge on any atom is -0.497 e. The molecule has 1 aromatic heterocycles. The van der Waals surface area contributed by atoms with Gasteiger partial charge in [-0.1, -0.05) is 0 Å². The lowest BCUT2D eigenvalue weighted by molar-refractivity contribution is 0.394. The Balaban J connectivity index is 1.73. The molecule has 1 saturated heterocycles.